The number of carbonyl (C=O) groups is 1. The topological polar surface area (TPSA) is 29.5 Å². The highest BCUT2D eigenvalue weighted by molar-refractivity contribution is 5.90. The lowest BCUT2D eigenvalue weighted by atomic mass is 9.89. The van der Waals surface area contributed by atoms with Gasteiger partial charge in [0, 0.05) is 19.1 Å². The van der Waals surface area contributed by atoms with Crippen molar-refractivity contribution in [2.75, 3.05) is 19.7 Å². The summed E-state index contributed by atoms with van der Waals surface area (Å²) in [5.74, 6) is -1.11. The number of esters is 1. The molecule has 2 aliphatic rings. The average Bonchev–Trinajstić information content (AvgIpc) is 2.48. The molecule has 0 unspecified atom stereocenters. The highest BCUT2D eigenvalue weighted by Gasteiger charge is 2.26. The maximum Gasteiger partial charge on any atom is 0.341 e. The summed E-state index contributed by atoms with van der Waals surface area (Å²) >= 11 is 0. The average molecular weight is 317 g/mol. The molecule has 0 bridgehead atoms. The van der Waals surface area contributed by atoms with Gasteiger partial charge in [-0.2, -0.15) is 0 Å². The molecule has 1 aromatic rings. The molecule has 0 radical (unpaired) electrons. The highest BCUT2D eigenvalue weighted by Crippen LogP contribution is 2.29. The van der Waals surface area contributed by atoms with Gasteiger partial charge in [0.05, 0.1) is 12.2 Å². The van der Waals surface area contributed by atoms with Gasteiger partial charge >= 0.3 is 5.97 Å². The largest absolute Gasteiger partial charge is 0.462 e. The Labute approximate surface area is 137 Å². The number of rotatable bonds is 4. The van der Waals surface area contributed by atoms with Crippen LogP contribution in [0.15, 0.2) is 23.8 Å². The molecular formula is C19H24FNO2. The summed E-state index contributed by atoms with van der Waals surface area (Å²) in [7, 11) is 0. The summed E-state index contributed by atoms with van der Waals surface area (Å²) in [5, 5.41) is 0. The maximum absolute atomic E-state index is 14.1. The van der Waals surface area contributed by atoms with Crippen LogP contribution in [0.4, 0.5) is 4.39 Å². The van der Waals surface area contributed by atoms with Gasteiger partial charge in [-0.1, -0.05) is 24.1 Å². The zero-order valence-electron chi connectivity index (χ0n) is 13.7. The Balaban J connectivity index is 1.63. The monoisotopic (exact) mass is 317 g/mol. The van der Waals surface area contributed by atoms with E-state index in [2.05, 4.69) is 11.0 Å². The molecule has 0 N–H and O–H groups in total. The Morgan fingerprint density at radius 2 is 2.09 bits per heavy atom. The van der Waals surface area contributed by atoms with Crippen molar-refractivity contribution in [2.24, 2.45) is 0 Å². The van der Waals surface area contributed by atoms with E-state index in [-0.39, 0.29) is 12.2 Å². The van der Waals surface area contributed by atoms with E-state index in [1.807, 2.05) is 0 Å². The first kappa shape index (κ1) is 16.2. The van der Waals surface area contributed by atoms with E-state index in [0.29, 0.717) is 0 Å². The Bertz CT molecular complexity index is 597. The lowest BCUT2D eigenvalue weighted by Crippen LogP contribution is -2.43. The molecule has 3 nitrogen and oxygen atoms in total. The Kier molecular flexibility index (Phi) is 5.11. The predicted octanol–water partition coefficient (Wildman–Crippen LogP) is 4.03. The lowest BCUT2D eigenvalue weighted by Gasteiger charge is -2.40. The maximum atomic E-state index is 14.1. The molecule has 0 atom stereocenters. The molecule has 0 amide bonds. The second kappa shape index (κ2) is 7.26. The molecule has 1 aliphatic carbocycles. The number of likely N-dealkylation sites (tertiary alicyclic amines) is 1. The molecule has 1 heterocycles. The molecule has 2 fully saturated rings. The minimum Gasteiger partial charge on any atom is -0.462 e. The number of halogens is 1. The highest BCUT2D eigenvalue weighted by atomic mass is 19.1. The lowest BCUT2D eigenvalue weighted by molar-refractivity contribution is 0.0521. The van der Waals surface area contributed by atoms with Gasteiger partial charge in [-0.25, -0.2) is 9.18 Å². The summed E-state index contributed by atoms with van der Waals surface area (Å²) in [5.41, 5.74) is 2.19. The van der Waals surface area contributed by atoms with E-state index in [9.17, 15) is 9.18 Å². The van der Waals surface area contributed by atoms with Crippen LogP contribution in [0.3, 0.4) is 0 Å². The molecular weight excluding hydrogens is 293 g/mol. The van der Waals surface area contributed by atoms with E-state index >= 15 is 0 Å². The number of nitrogens with zero attached hydrogens (tertiary/aromatic N) is 1. The van der Waals surface area contributed by atoms with Crippen LogP contribution in [-0.2, 0) is 4.74 Å². The summed E-state index contributed by atoms with van der Waals surface area (Å²) in [6.45, 7) is 4.19. The summed E-state index contributed by atoms with van der Waals surface area (Å²) in [4.78, 5) is 14.2. The summed E-state index contributed by atoms with van der Waals surface area (Å²) in [6.07, 6.45) is 8.24. The normalized spacial score (nSPS) is 19.3. The van der Waals surface area contributed by atoms with E-state index < -0.39 is 11.8 Å². The van der Waals surface area contributed by atoms with Crippen molar-refractivity contribution in [3.63, 3.8) is 0 Å². The fourth-order valence-corrected chi connectivity index (χ4v) is 3.30. The van der Waals surface area contributed by atoms with E-state index in [4.69, 9.17) is 4.74 Å². The molecule has 4 heteroatoms. The summed E-state index contributed by atoms with van der Waals surface area (Å²) in [6, 6.07) is 5.54. The van der Waals surface area contributed by atoms with Crippen LogP contribution in [0.25, 0.3) is 6.08 Å². The third-order valence-electron chi connectivity index (χ3n) is 4.89. The number of hydrogen-bond acceptors (Lipinski definition) is 3. The standard InChI is InChI=1S/C19H24FNO2/c1-2-23-19(22)17-7-6-15(13-18(17)20)12-14-8-10-21(11-9-14)16-4-3-5-16/h6-7,12-13,16H,2-5,8-11H2,1H3. The fourth-order valence-electron chi connectivity index (χ4n) is 3.30. The molecule has 124 valence electrons. The van der Waals surface area contributed by atoms with Crippen molar-refractivity contribution in [2.45, 2.75) is 45.1 Å². The van der Waals surface area contributed by atoms with Crippen molar-refractivity contribution in [1.29, 1.82) is 0 Å². The van der Waals surface area contributed by atoms with Gasteiger partial charge in [0.2, 0.25) is 0 Å². The van der Waals surface area contributed by atoms with Gasteiger partial charge < -0.3 is 4.74 Å². The quantitative estimate of drug-likeness (QED) is 0.785. The minimum absolute atomic E-state index is 0.00815. The van der Waals surface area contributed by atoms with Gasteiger partial charge in [-0.05, 0) is 50.3 Å². The summed E-state index contributed by atoms with van der Waals surface area (Å²) < 4.78 is 18.9. The molecule has 1 aliphatic heterocycles. The number of hydrogen-bond donors (Lipinski definition) is 0. The first-order chi connectivity index (χ1) is 11.2. The SMILES string of the molecule is CCOC(=O)c1ccc(C=C2CCN(C3CCC3)CC2)cc1F. The first-order valence-electron chi connectivity index (χ1n) is 8.57. The second-order valence-corrected chi connectivity index (χ2v) is 6.38. The first-order valence-corrected chi connectivity index (χ1v) is 8.57. The van der Waals surface area contributed by atoms with Crippen LogP contribution in [-0.4, -0.2) is 36.6 Å². The van der Waals surface area contributed by atoms with Crippen LogP contribution in [0.5, 0.6) is 0 Å². The van der Waals surface area contributed by atoms with Gasteiger partial charge in [-0.15, -0.1) is 0 Å². The van der Waals surface area contributed by atoms with E-state index in [1.165, 1.54) is 37.0 Å². The fraction of sp³-hybridized carbons (Fsp3) is 0.526. The number of ether oxygens (including phenoxy) is 1. The van der Waals surface area contributed by atoms with Crippen LogP contribution in [0, 0.1) is 5.82 Å². The zero-order valence-corrected chi connectivity index (χ0v) is 13.7. The van der Waals surface area contributed by atoms with Gasteiger partial charge in [0.25, 0.3) is 0 Å². The van der Waals surface area contributed by atoms with Gasteiger partial charge in [0.15, 0.2) is 0 Å². The van der Waals surface area contributed by atoms with Crippen LogP contribution in [0.1, 0.15) is 54.9 Å². The molecule has 0 aromatic heterocycles. The predicted molar refractivity (Wildman–Crippen MR) is 88.8 cm³/mol. The molecule has 1 saturated carbocycles. The van der Waals surface area contributed by atoms with Crippen molar-refractivity contribution in [3.8, 4) is 0 Å². The van der Waals surface area contributed by atoms with Gasteiger partial charge in [0.1, 0.15) is 5.82 Å². The van der Waals surface area contributed by atoms with Crippen molar-refractivity contribution < 1.29 is 13.9 Å². The Morgan fingerprint density at radius 1 is 1.35 bits per heavy atom. The Hall–Kier alpha value is -1.68. The van der Waals surface area contributed by atoms with Crippen molar-refractivity contribution >= 4 is 12.0 Å². The van der Waals surface area contributed by atoms with Crippen LogP contribution >= 0.6 is 0 Å². The van der Waals surface area contributed by atoms with Crippen molar-refractivity contribution in [3.05, 3.63) is 40.7 Å². The smallest absolute Gasteiger partial charge is 0.341 e. The third kappa shape index (κ3) is 3.81. The number of piperidine rings is 1. The van der Waals surface area contributed by atoms with E-state index in [1.54, 1.807) is 13.0 Å². The number of carbonyl (C=O) groups excluding carboxylic acids is 1. The molecule has 1 saturated heterocycles. The van der Waals surface area contributed by atoms with Crippen LogP contribution < -0.4 is 0 Å². The molecule has 3 rings (SSSR count). The number of benzene rings is 1. The molecule has 1 aromatic carbocycles. The van der Waals surface area contributed by atoms with Gasteiger partial charge in [-0.3, -0.25) is 4.90 Å². The minimum atomic E-state index is -0.599. The Morgan fingerprint density at radius 3 is 2.65 bits per heavy atom. The molecule has 0 spiro atoms. The molecule has 23 heavy (non-hydrogen) atoms. The van der Waals surface area contributed by atoms with E-state index in [0.717, 1.165) is 37.5 Å². The zero-order chi connectivity index (χ0) is 16.2. The second-order valence-electron chi connectivity index (χ2n) is 6.38. The van der Waals surface area contributed by atoms with Crippen LogP contribution in [0.2, 0.25) is 0 Å². The third-order valence-corrected chi connectivity index (χ3v) is 4.89. The van der Waals surface area contributed by atoms with Crippen molar-refractivity contribution in [1.82, 2.24) is 4.90 Å².